The number of aryl methyl sites for hydroxylation is 1. The van der Waals surface area contributed by atoms with Gasteiger partial charge in [0.2, 0.25) is 0 Å². The van der Waals surface area contributed by atoms with Crippen LogP contribution in [0.4, 0.5) is 48.3 Å². The van der Waals surface area contributed by atoms with Crippen molar-refractivity contribution in [2.75, 3.05) is 0 Å². The molecule has 0 aliphatic carbocycles. The van der Waals surface area contributed by atoms with Crippen molar-refractivity contribution >= 4 is 6.21 Å². The summed E-state index contributed by atoms with van der Waals surface area (Å²) in [7, 11) is 0. The smallest absolute Gasteiger partial charge is 0.460 e. The number of alkyl halides is 11. The molecule has 1 N–H and O–H groups in total. The van der Waals surface area contributed by atoms with Crippen LogP contribution in [0.1, 0.15) is 11.1 Å². The van der Waals surface area contributed by atoms with Crippen LogP contribution in [0.15, 0.2) is 23.2 Å². The van der Waals surface area contributed by atoms with Gasteiger partial charge in [-0.2, -0.15) is 48.3 Å². The van der Waals surface area contributed by atoms with Gasteiger partial charge in [-0.1, -0.05) is 12.1 Å². The molecular formula is C13H8F11NO. The molecule has 0 unspecified atom stereocenters. The minimum Gasteiger partial charge on any atom is -0.507 e. The summed E-state index contributed by atoms with van der Waals surface area (Å²) in [5, 5.41) is 9.45. The van der Waals surface area contributed by atoms with Gasteiger partial charge < -0.3 is 5.11 Å². The largest absolute Gasteiger partial charge is 0.507 e. The van der Waals surface area contributed by atoms with Crippen LogP contribution in [0.25, 0.3) is 0 Å². The summed E-state index contributed by atoms with van der Waals surface area (Å²) in [4.78, 5) is 1.71. The molecule has 0 spiro atoms. The number of rotatable bonds is 5. The Bertz CT molecular complexity index is 694. The molecule has 0 saturated heterocycles. The highest BCUT2D eigenvalue weighted by molar-refractivity contribution is 5.84. The lowest BCUT2D eigenvalue weighted by atomic mass is 10.0. The fourth-order valence-electron chi connectivity index (χ4n) is 1.58. The average Bonchev–Trinajstić information content (AvgIpc) is 2.47. The SMILES string of the molecule is Cc1cccc(C=NC(F)(F)C(F)(F)C(F)(F)C(F)(F)C(F)(F)F)c1O. The number of benzene rings is 1. The molecule has 1 aromatic carbocycles. The second kappa shape index (κ2) is 6.27. The Labute approximate surface area is 137 Å². The van der Waals surface area contributed by atoms with E-state index in [1.165, 1.54) is 13.0 Å². The fourth-order valence-corrected chi connectivity index (χ4v) is 1.58. The number of aromatic hydroxyl groups is 1. The topological polar surface area (TPSA) is 32.6 Å². The predicted octanol–water partition coefficient (Wildman–Crippen LogP) is 5.18. The Hall–Kier alpha value is -2.08. The third kappa shape index (κ3) is 3.30. The van der Waals surface area contributed by atoms with Gasteiger partial charge in [0.1, 0.15) is 5.75 Å². The molecule has 0 aliphatic heterocycles. The Morgan fingerprint density at radius 3 is 1.77 bits per heavy atom. The molecule has 1 aromatic rings. The van der Waals surface area contributed by atoms with Crippen LogP contribution in [-0.2, 0) is 0 Å². The molecule has 0 bridgehead atoms. The van der Waals surface area contributed by atoms with Crippen LogP contribution in [0.5, 0.6) is 5.75 Å². The van der Waals surface area contributed by atoms with Crippen molar-refractivity contribution in [2.24, 2.45) is 4.99 Å². The van der Waals surface area contributed by atoms with Gasteiger partial charge in [-0.05, 0) is 18.6 Å². The van der Waals surface area contributed by atoms with Gasteiger partial charge in [-0.15, -0.1) is 0 Å². The molecule has 0 saturated carbocycles. The molecule has 0 radical (unpaired) electrons. The van der Waals surface area contributed by atoms with E-state index >= 15 is 0 Å². The van der Waals surface area contributed by atoms with E-state index in [1.807, 2.05) is 0 Å². The molecule has 13 heteroatoms. The third-order valence-electron chi connectivity index (χ3n) is 3.16. The van der Waals surface area contributed by atoms with E-state index in [2.05, 4.69) is 0 Å². The van der Waals surface area contributed by atoms with Crippen LogP contribution in [0, 0.1) is 6.92 Å². The number of aliphatic imine (C=N–C) groups is 1. The Kier molecular flexibility index (Phi) is 5.29. The van der Waals surface area contributed by atoms with Crippen molar-refractivity contribution in [3.63, 3.8) is 0 Å². The predicted molar refractivity (Wildman–Crippen MR) is 66.3 cm³/mol. The summed E-state index contributed by atoms with van der Waals surface area (Å²) in [5.74, 6) is -23.0. The summed E-state index contributed by atoms with van der Waals surface area (Å²) in [6.45, 7) is 1.23. The summed E-state index contributed by atoms with van der Waals surface area (Å²) in [5.41, 5.74) is -0.663. The number of hydrogen-bond donors (Lipinski definition) is 1. The lowest BCUT2D eigenvalue weighted by Gasteiger charge is -2.35. The number of nitrogens with zero attached hydrogens (tertiary/aromatic N) is 1. The van der Waals surface area contributed by atoms with Crippen LogP contribution in [0.2, 0.25) is 0 Å². The first kappa shape index (κ1) is 22.0. The molecule has 0 atom stereocenters. The molecule has 0 aliphatic rings. The normalized spacial score (nSPS) is 14.9. The number of phenolic OH excluding ortho intramolecular Hbond substituents is 1. The number of hydrogen-bond acceptors (Lipinski definition) is 2. The molecular weight excluding hydrogens is 395 g/mol. The van der Waals surface area contributed by atoms with Gasteiger partial charge in [0, 0.05) is 11.8 Å². The number of para-hydroxylation sites is 1. The van der Waals surface area contributed by atoms with Crippen LogP contribution in [-0.4, -0.2) is 41.3 Å². The van der Waals surface area contributed by atoms with E-state index in [-0.39, 0.29) is 11.8 Å². The van der Waals surface area contributed by atoms with E-state index < -0.39 is 41.3 Å². The van der Waals surface area contributed by atoms with Gasteiger partial charge in [-0.25, -0.2) is 4.99 Å². The molecule has 1 rings (SSSR count). The highest BCUT2D eigenvalue weighted by atomic mass is 19.4. The molecule has 0 fully saturated rings. The third-order valence-corrected chi connectivity index (χ3v) is 3.16. The second-order valence-corrected chi connectivity index (χ2v) is 5.03. The zero-order valence-electron chi connectivity index (χ0n) is 12.4. The van der Waals surface area contributed by atoms with Crippen molar-refractivity contribution in [1.29, 1.82) is 0 Å². The Morgan fingerprint density at radius 2 is 1.31 bits per heavy atom. The minimum absolute atomic E-state index is 0.0259. The quantitative estimate of drug-likeness (QED) is 0.410. The summed E-state index contributed by atoms with van der Waals surface area (Å²) in [6.07, 6.45) is -7.48. The van der Waals surface area contributed by atoms with Crippen LogP contribution < -0.4 is 0 Å². The standard InChI is InChI=1S/C13H8F11NO/c1-6-3-2-4-7(8(6)26)5-25-13(23,24)11(18,19)9(14,15)10(16,17)12(20,21)22/h2-5,26H,1H3. The first-order valence-corrected chi connectivity index (χ1v) is 6.32. The maximum atomic E-state index is 13.3. The molecule has 0 heterocycles. The maximum Gasteiger partial charge on any atom is 0.460 e. The zero-order chi connectivity index (χ0) is 20.8. The first-order chi connectivity index (χ1) is 11.4. The van der Waals surface area contributed by atoms with Gasteiger partial charge in [0.25, 0.3) is 0 Å². The van der Waals surface area contributed by atoms with Crippen molar-refractivity contribution in [3.8, 4) is 5.75 Å². The van der Waals surface area contributed by atoms with Gasteiger partial charge in [0.15, 0.2) is 0 Å². The van der Waals surface area contributed by atoms with E-state index in [0.717, 1.165) is 12.1 Å². The maximum absolute atomic E-state index is 13.3. The van der Waals surface area contributed by atoms with E-state index in [4.69, 9.17) is 0 Å². The van der Waals surface area contributed by atoms with Crippen molar-refractivity contribution < 1.29 is 53.4 Å². The highest BCUT2D eigenvalue weighted by Gasteiger charge is 2.87. The summed E-state index contributed by atoms with van der Waals surface area (Å²) in [6, 6.07) is -3.19. The van der Waals surface area contributed by atoms with Crippen molar-refractivity contribution in [3.05, 3.63) is 29.3 Å². The monoisotopic (exact) mass is 403 g/mol. The number of phenols is 1. The molecule has 2 nitrogen and oxygen atoms in total. The minimum atomic E-state index is -7.52. The molecule has 0 aromatic heterocycles. The van der Waals surface area contributed by atoms with E-state index in [1.54, 1.807) is 4.99 Å². The zero-order valence-corrected chi connectivity index (χ0v) is 12.4. The lowest BCUT2D eigenvalue weighted by molar-refractivity contribution is -0.421. The van der Waals surface area contributed by atoms with Crippen molar-refractivity contribution in [1.82, 2.24) is 0 Å². The summed E-state index contributed by atoms with van der Waals surface area (Å²) < 4.78 is 140. The molecule has 0 amide bonds. The van der Waals surface area contributed by atoms with E-state index in [9.17, 15) is 53.4 Å². The second-order valence-electron chi connectivity index (χ2n) is 5.03. The summed E-state index contributed by atoms with van der Waals surface area (Å²) >= 11 is 0. The highest BCUT2D eigenvalue weighted by Crippen LogP contribution is 2.57. The van der Waals surface area contributed by atoms with Crippen LogP contribution in [0.3, 0.4) is 0 Å². The molecule has 148 valence electrons. The van der Waals surface area contributed by atoms with Gasteiger partial charge in [-0.3, -0.25) is 0 Å². The lowest BCUT2D eigenvalue weighted by Crippen LogP contribution is -2.66. The fraction of sp³-hybridized carbons (Fsp3) is 0.462. The van der Waals surface area contributed by atoms with Gasteiger partial charge in [0.05, 0.1) is 0 Å². The van der Waals surface area contributed by atoms with Crippen LogP contribution >= 0.6 is 0 Å². The molecule has 26 heavy (non-hydrogen) atoms. The Morgan fingerprint density at radius 1 is 0.808 bits per heavy atom. The number of halogens is 11. The average molecular weight is 403 g/mol. The first-order valence-electron chi connectivity index (χ1n) is 6.32. The van der Waals surface area contributed by atoms with Crippen molar-refractivity contribution in [2.45, 2.75) is 36.9 Å². The van der Waals surface area contributed by atoms with E-state index in [0.29, 0.717) is 0 Å². The Balaban J connectivity index is 3.36. The van der Waals surface area contributed by atoms with Gasteiger partial charge >= 0.3 is 30.0 Å².